The fraction of sp³-hybridized carbons (Fsp3) is 0.458. The van der Waals surface area contributed by atoms with Crippen LogP contribution in [0.4, 0.5) is 10.5 Å². The summed E-state index contributed by atoms with van der Waals surface area (Å²) in [5.41, 5.74) is 3.50. The highest BCUT2D eigenvalue weighted by molar-refractivity contribution is 5.96. The number of anilines is 1. The molecule has 0 spiro atoms. The van der Waals surface area contributed by atoms with Crippen molar-refractivity contribution in [2.24, 2.45) is 0 Å². The lowest BCUT2D eigenvalue weighted by molar-refractivity contribution is 0.196. The molecular formula is C24H30N2O2. The smallest absolute Gasteiger partial charge is 0.325 e. The third kappa shape index (κ3) is 4.32. The lowest BCUT2D eigenvalue weighted by Crippen LogP contribution is -2.46. The van der Waals surface area contributed by atoms with Gasteiger partial charge in [-0.2, -0.15) is 0 Å². The molecule has 2 aliphatic rings. The molecular weight excluding hydrogens is 348 g/mol. The molecule has 148 valence electrons. The molecule has 4 heteroatoms. The number of benzene rings is 2. The number of nitrogens with zero attached hydrogens (tertiary/aromatic N) is 1. The van der Waals surface area contributed by atoms with Gasteiger partial charge in [0.15, 0.2) is 6.23 Å². The minimum Gasteiger partial charge on any atom is -0.468 e. The number of urea groups is 1. The van der Waals surface area contributed by atoms with Gasteiger partial charge in [0.1, 0.15) is 5.75 Å². The van der Waals surface area contributed by atoms with Crippen LogP contribution >= 0.6 is 0 Å². The van der Waals surface area contributed by atoms with Crippen LogP contribution in [0.15, 0.2) is 48.5 Å². The molecule has 28 heavy (non-hydrogen) atoms. The molecule has 0 saturated heterocycles. The Balaban J connectivity index is 1.43. The highest BCUT2D eigenvalue weighted by Crippen LogP contribution is 2.42. The number of carbonyl (C=O) groups is 1. The van der Waals surface area contributed by atoms with Crippen molar-refractivity contribution in [1.82, 2.24) is 5.32 Å². The minimum absolute atomic E-state index is 0.0112. The summed E-state index contributed by atoms with van der Waals surface area (Å²) < 4.78 is 6.34. The van der Waals surface area contributed by atoms with E-state index in [2.05, 4.69) is 48.6 Å². The minimum atomic E-state index is -0.206. The Bertz CT molecular complexity index is 802. The number of amides is 2. The molecule has 1 heterocycles. The largest absolute Gasteiger partial charge is 0.468 e. The zero-order valence-electron chi connectivity index (χ0n) is 16.7. The molecule has 4 rings (SSSR count). The van der Waals surface area contributed by atoms with Crippen LogP contribution < -0.4 is 15.0 Å². The van der Waals surface area contributed by atoms with Gasteiger partial charge >= 0.3 is 6.03 Å². The first-order valence-corrected chi connectivity index (χ1v) is 10.7. The van der Waals surface area contributed by atoms with E-state index in [-0.39, 0.29) is 12.3 Å². The van der Waals surface area contributed by atoms with Crippen LogP contribution in [0.1, 0.15) is 56.6 Å². The van der Waals surface area contributed by atoms with Crippen LogP contribution in [0.3, 0.4) is 0 Å². The lowest BCUT2D eigenvalue weighted by atomic mass is 10.1. The first-order chi connectivity index (χ1) is 13.8. The summed E-state index contributed by atoms with van der Waals surface area (Å²) in [6, 6.07) is 17.1. The number of aryl methyl sites for hydroxylation is 2. The van der Waals surface area contributed by atoms with Gasteiger partial charge < -0.3 is 10.1 Å². The molecule has 0 bridgehead atoms. The number of fused-ring (bicyclic) bond motifs is 1. The van der Waals surface area contributed by atoms with Crippen LogP contribution in [0.5, 0.6) is 5.75 Å². The summed E-state index contributed by atoms with van der Waals surface area (Å²) in [5, 5.41) is 3.14. The lowest BCUT2D eigenvalue weighted by Gasteiger charge is -2.23. The van der Waals surface area contributed by atoms with Gasteiger partial charge in [-0.25, -0.2) is 4.79 Å². The van der Waals surface area contributed by atoms with Gasteiger partial charge in [0, 0.05) is 12.5 Å². The van der Waals surface area contributed by atoms with Crippen LogP contribution in [-0.2, 0) is 12.8 Å². The molecule has 1 fully saturated rings. The number of nitrogens with one attached hydrogen (secondary N) is 1. The third-order valence-electron chi connectivity index (χ3n) is 5.53. The molecule has 0 aromatic heterocycles. The van der Waals surface area contributed by atoms with Crippen molar-refractivity contribution in [3.63, 3.8) is 0 Å². The van der Waals surface area contributed by atoms with Crippen molar-refractivity contribution in [2.75, 3.05) is 4.90 Å². The van der Waals surface area contributed by atoms with E-state index in [4.69, 9.17) is 4.74 Å². The summed E-state index contributed by atoms with van der Waals surface area (Å²) in [7, 11) is 0. The summed E-state index contributed by atoms with van der Waals surface area (Å²) in [5.74, 6) is 0.906. The topological polar surface area (TPSA) is 41.6 Å². The predicted octanol–water partition coefficient (Wildman–Crippen LogP) is 5.45. The van der Waals surface area contributed by atoms with E-state index in [1.807, 2.05) is 17.0 Å². The van der Waals surface area contributed by atoms with E-state index in [0.29, 0.717) is 6.04 Å². The molecule has 2 aromatic carbocycles. The SMILES string of the molecule is CCCc1cccc2c1OC(CCCCc1ccccc1)N2C(=O)NC1CC1. The number of hydrogen-bond donors (Lipinski definition) is 1. The number of hydrogen-bond acceptors (Lipinski definition) is 2. The Morgan fingerprint density at radius 1 is 1.07 bits per heavy atom. The standard InChI is InChI=1S/C24H30N2O2/c1-2-9-19-13-8-14-21-23(19)28-22(26(21)24(27)25-20-16-17-20)15-7-6-12-18-10-4-3-5-11-18/h3-5,8,10-11,13-14,20,22H,2,6-7,9,12,15-17H2,1H3,(H,25,27). The van der Waals surface area contributed by atoms with Gasteiger partial charge in [0.25, 0.3) is 0 Å². The molecule has 1 N–H and O–H groups in total. The van der Waals surface area contributed by atoms with E-state index < -0.39 is 0 Å². The Hall–Kier alpha value is -2.49. The quantitative estimate of drug-likeness (QED) is 0.621. The molecule has 2 amide bonds. The van der Waals surface area contributed by atoms with Gasteiger partial charge in [-0.3, -0.25) is 4.90 Å². The van der Waals surface area contributed by atoms with Gasteiger partial charge in [0.05, 0.1) is 5.69 Å². The van der Waals surface area contributed by atoms with Crippen LogP contribution in [-0.4, -0.2) is 18.3 Å². The second-order valence-electron chi connectivity index (χ2n) is 7.91. The molecule has 0 radical (unpaired) electrons. The highest BCUT2D eigenvalue weighted by atomic mass is 16.5. The fourth-order valence-electron chi connectivity index (χ4n) is 3.90. The first-order valence-electron chi connectivity index (χ1n) is 10.7. The number of para-hydroxylation sites is 1. The summed E-state index contributed by atoms with van der Waals surface area (Å²) in [6.45, 7) is 2.17. The second-order valence-corrected chi connectivity index (χ2v) is 7.91. The Kier molecular flexibility index (Phi) is 5.84. The summed E-state index contributed by atoms with van der Waals surface area (Å²) in [4.78, 5) is 14.8. The van der Waals surface area contributed by atoms with Crippen molar-refractivity contribution >= 4 is 11.7 Å². The Labute approximate surface area is 167 Å². The fourth-order valence-corrected chi connectivity index (χ4v) is 3.90. The predicted molar refractivity (Wildman–Crippen MR) is 113 cm³/mol. The number of unbranched alkanes of at least 4 members (excludes halogenated alkanes) is 1. The second kappa shape index (κ2) is 8.68. The molecule has 4 nitrogen and oxygen atoms in total. The maximum atomic E-state index is 12.9. The van der Waals surface area contributed by atoms with Crippen molar-refractivity contribution in [2.45, 2.75) is 70.6 Å². The molecule has 1 atom stereocenters. The number of ether oxygens (including phenoxy) is 1. The van der Waals surface area contributed by atoms with Gasteiger partial charge in [0.2, 0.25) is 0 Å². The van der Waals surface area contributed by atoms with Crippen LogP contribution in [0, 0.1) is 0 Å². The normalized spacial score (nSPS) is 17.9. The summed E-state index contributed by atoms with van der Waals surface area (Å²) >= 11 is 0. The molecule has 1 unspecified atom stereocenters. The monoisotopic (exact) mass is 378 g/mol. The average Bonchev–Trinajstić information content (AvgIpc) is 3.44. The molecule has 1 saturated carbocycles. The van der Waals surface area contributed by atoms with E-state index >= 15 is 0 Å². The maximum absolute atomic E-state index is 12.9. The average molecular weight is 379 g/mol. The first kappa shape index (κ1) is 18.9. The molecule has 1 aliphatic heterocycles. The zero-order valence-corrected chi connectivity index (χ0v) is 16.7. The van der Waals surface area contributed by atoms with Crippen LogP contribution in [0.25, 0.3) is 0 Å². The van der Waals surface area contributed by atoms with Gasteiger partial charge in [-0.15, -0.1) is 0 Å². The molecule has 1 aliphatic carbocycles. The number of carbonyl (C=O) groups excluding carboxylic acids is 1. The van der Waals surface area contributed by atoms with E-state index in [9.17, 15) is 4.79 Å². The third-order valence-corrected chi connectivity index (χ3v) is 5.53. The van der Waals surface area contributed by atoms with Gasteiger partial charge in [-0.1, -0.05) is 55.8 Å². The highest BCUT2D eigenvalue weighted by Gasteiger charge is 2.38. The van der Waals surface area contributed by atoms with Crippen LogP contribution in [0.2, 0.25) is 0 Å². The van der Waals surface area contributed by atoms with E-state index in [1.54, 1.807) is 0 Å². The maximum Gasteiger partial charge on any atom is 0.325 e. The Morgan fingerprint density at radius 2 is 1.89 bits per heavy atom. The Morgan fingerprint density at radius 3 is 2.64 bits per heavy atom. The number of rotatable bonds is 8. The van der Waals surface area contributed by atoms with Crippen molar-refractivity contribution in [3.8, 4) is 5.75 Å². The summed E-state index contributed by atoms with van der Waals surface area (Å²) in [6.07, 6.45) is 8.06. The van der Waals surface area contributed by atoms with Crippen molar-refractivity contribution in [3.05, 3.63) is 59.7 Å². The van der Waals surface area contributed by atoms with E-state index in [1.165, 1.54) is 11.1 Å². The van der Waals surface area contributed by atoms with Crippen molar-refractivity contribution in [1.29, 1.82) is 0 Å². The van der Waals surface area contributed by atoms with Gasteiger partial charge in [-0.05, 0) is 55.7 Å². The molecule has 2 aromatic rings. The van der Waals surface area contributed by atoms with E-state index in [0.717, 1.165) is 62.8 Å². The zero-order chi connectivity index (χ0) is 19.3. The van der Waals surface area contributed by atoms with Crippen molar-refractivity contribution < 1.29 is 9.53 Å².